The zero-order chi connectivity index (χ0) is 22.8. The van der Waals surface area contributed by atoms with Gasteiger partial charge in [0.05, 0.1) is 5.69 Å². The lowest BCUT2D eigenvalue weighted by Crippen LogP contribution is -2.09. The van der Waals surface area contributed by atoms with E-state index in [2.05, 4.69) is 119 Å². The van der Waals surface area contributed by atoms with Crippen molar-refractivity contribution in [3.63, 3.8) is 0 Å². The average molecular weight is 423 g/mol. The zero-order valence-electron chi connectivity index (χ0n) is 20.1. The van der Waals surface area contributed by atoms with Crippen LogP contribution >= 0.6 is 0 Å². The first-order valence-corrected chi connectivity index (χ1v) is 11.7. The lowest BCUT2D eigenvalue weighted by Gasteiger charge is -2.24. The van der Waals surface area contributed by atoms with Crippen molar-refractivity contribution >= 4 is 0 Å². The Kier molecular flexibility index (Phi) is 6.32. The Hall–Kier alpha value is -3.13. The molecule has 1 aromatic heterocycles. The highest BCUT2D eigenvalue weighted by molar-refractivity contribution is 5.72. The van der Waals surface area contributed by atoms with E-state index in [1.54, 1.807) is 0 Å². The van der Waals surface area contributed by atoms with Gasteiger partial charge < -0.3 is 0 Å². The number of hydrogen-bond donors (Lipinski definition) is 0. The van der Waals surface area contributed by atoms with Gasteiger partial charge in [0.1, 0.15) is 5.82 Å². The minimum absolute atomic E-state index is 0.391. The largest absolute Gasteiger partial charge is 0.299 e. The van der Waals surface area contributed by atoms with E-state index in [4.69, 9.17) is 4.98 Å². The van der Waals surface area contributed by atoms with Gasteiger partial charge in [-0.15, -0.1) is 0 Å². The first kappa shape index (κ1) is 22.1. The quantitative estimate of drug-likeness (QED) is 0.304. The molecule has 0 amide bonds. The zero-order valence-corrected chi connectivity index (χ0v) is 20.1. The second-order valence-corrected chi connectivity index (χ2v) is 9.54. The van der Waals surface area contributed by atoms with E-state index in [1.807, 2.05) is 6.20 Å². The molecule has 2 nitrogen and oxygen atoms in total. The molecule has 0 unspecified atom stereocenters. The smallest absolute Gasteiger partial charge is 0.144 e. The fraction of sp³-hybridized carbons (Fsp3) is 0.300. The summed E-state index contributed by atoms with van der Waals surface area (Å²) < 4.78 is 2.32. The second kappa shape index (κ2) is 9.16. The fourth-order valence-electron chi connectivity index (χ4n) is 4.52. The molecule has 0 saturated heterocycles. The van der Waals surface area contributed by atoms with Crippen molar-refractivity contribution in [2.75, 3.05) is 0 Å². The number of benzene rings is 3. The molecule has 1 heterocycles. The van der Waals surface area contributed by atoms with Crippen LogP contribution < -0.4 is 0 Å². The summed E-state index contributed by atoms with van der Waals surface area (Å²) in [5.41, 5.74) is 9.08. The Balaban J connectivity index is 1.99. The number of rotatable bonds is 6. The maximum absolute atomic E-state index is 4.85. The van der Waals surface area contributed by atoms with Gasteiger partial charge >= 0.3 is 0 Å². The molecule has 3 aromatic carbocycles. The SMILES string of the molecule is CC(C)c1ccccc1-c1nccn1-c1c(C(C)C)cc(-c2ccccc2)cc1C(C)C. The van der Waals surface area contributed by atoms with Crippen LogP contribution in [-0.2, 0) is 0 Å². The summed E-state index contributed by atoms with van der Waals surface area (Å²) in [4.78, 5) is 4.85. The summed E-state index contributed by atoms with van der Waals surface area (Å²) in [6, 6.07) is 24.1. The molecular weight excluding hydrogens is 388 g/mol. The topological polar surface area (TPSA) is 17.8 Å². The van der Waals surface area contributed by atoms with E-state index in [0.29, 0.717) is 17.8 Å². The molecule has 4 rings (SSSR count). The highest BCUT2D eigenvalue weighted by Crippen LogP contribution is 2.38. The van der Waals surface area contributed by atoms with Crippen LogP contribution in [-0.4, -0.2) is 9.55 Å². The highest BCUT2D eigenvalue weighted by atomic mass is 15.1. The van der Waals surface area contributed by atoms with E-state index >= 15 is 0 Å². The van der Waals surface area contributed by atoms with Crippen LogP contribution in [0.25, 0.3) is 28.2 Å². The van der Waals surface area contributed by atoms with Gasteiger partial charge in [-0.05, 0) is 57.7 Å². The lowest BCUT2D eigenvalue weighted by molar-refractivity contribution is 0.806. The molecule has 0 aliphatic rings. The lowest BCUT2D eigenvalue weighted by atomic mass is 9.88. The van der Waals surface area contributed by atoms with Crippen LogP contribution in [0.4, 0.5) is 0 Å². The highest BCUT2D eigenvalue weighted by Gasteiger charge is 2.22. The second-order valence-electron chi connectivity index (χ2n) is 9.54. The molecule has 0 aliphatic heterocycles. The third-order valence-corrected chi connectivity index (χ3v) is 6.23. The molecule has 32 heavy (non-hydrogen) atoms. The van der Waals surface area contributed by atoms with E-state index < -0.39 is 0 Å². The van der Waals surface area contributed by atoms with Gasteiger partial charge in [0.2, 0.25) is 0 Å². The molecule has 0 fully saturated rings. The summed E-state index contributed by atoms with van der Waals surface area (Å²) in [6.07, 6.45) is 4.06. The van der Waals surface area contributed by atoms with Crippen molar-refractivity contribution in [2.24, 2.45) is 0 Å². The maximum atomic E-state index is 4.85. The van der Waals surface area contributed by atoms with Crippen LogP contribution in [0.3, 0.4) is 0 Å². The summed E-state index contributed by atoms with van der Waals surface area (Å²) in [6.45, 7) is 13.7. The van der Waals surface area contributed by atoms with Crippen LogP contribution in [0.1, 0.15) is 76.0 Å². The molecule has 0 saturated carbocycles. The fourth-order valence-corrected chi connectivity index (χ4v) is 4.52. The van der Waals surface area contributed by atoms with Gasteiger partial charge in [-0.25, -0.2) is 4.98 Å². The minimum atomic E-state index is 0.391. The summed E-state index contributed by atoms with van der Waals surface area (Å²) in [5, 5.41) is 0. The standard InChI is InChI=1S/C30H34N2/c1-20(2)25-14-10-11-15-26(25)30-31-16-17-32(30)29-27(21(3)4)18-24(19-28(29)22(5)6)23-12-8-7-9-13-23/h7-22H,1-6H3. The van der Waals surface area contributed by atoms with Crippen molar-refractivity contribution in [3.8, 4) is 28.2 Å². The van der Waals surface area contributed by atoms with Gasteiger partial charge in [0.25, 0.3) is 0 Å². The molecule has 2 heteroatoms. The first-order chi connectivity index (χ1) is 15.4. The number of nitrogens with zero attached hydrogens (tertiary/aromatic N) is 2. The van der Waals surface area contributed by atoms with Crippen molar-refractivity contribution in [1.29, 1.82) is 0 Å². The van der Waals surface area contributed by atoms with Crippen molar-refractivity contribution < 1.29 is 0 Å². The molecule has 0 bridgehead atoms. The Morgan fingerprint density at radius 1 is 0.625 bits per heavy atom. The minimum Gasteiger partial charge on any atom is -0.299 e. The van der Waals surface area contributed by atoms with Gasteiger partial charge in [-0.2, -0.15) is 0 Å². The molecule has 0 N–H and O–H groups in total. The number of imidazole rings is 1. The Labute approximate surface area is 193 Å². The molecule has 0 spiro atoms. The van der Waals surface area contributed by atoms with Crippen LogP contribution in [0, 0.1) is 0 Å². The van der Waals surface area contributed by atoms with Crippen molar-refractivity contribution in [1.82, 2.24) is 9.55 Å². The Morgan fingerprint density at radius 2 is 1.19 bits per heavy atom. The molecular formula is C30H34N2. The molecule has 164 valence electrons. The number of aromatic nitrogens is 2. The summed E-state index contributed by atoms with van der Waals surface area (Å²) in [7, 11) is 0. The number of hydrogen-bond acceptors (Lipinski definition) is 1. The predicted molar refractivity (Wildman–Crippen MR) is 137 cm³/mol. The first-order valence-electron chi connectivity index (χ1n) is 11.7. The van der Waals surface area contributed by atoms with E-state index in [-0.39, 0.29) is 0 Å². The van der Waals surface area contributed by atoms with E-state index in [9.17, 15) is 0 Å². The normalized spacial score (nSPS) is 11.7. The monoisotopic (exact) mass is 422 g/mol. The van der Waals surface area contributed by atoms with Gasteiger partial charge in [-0.1, -0.05) is 96.1 Å². The summed E-state index contributed by atoms with van der Waals surface area (Å²) in [5.74, 6) is 2.24. The Bertz CT molecular complexity index is 1170. The van der Waals surface area contributed by atoms with Crippen LogP contribution in [0.5, 0.6) is 0 Å². The molecule has 4 aromatic rings. The molecule has 0 aliphatic carbocycles. The van der Waals surface area contributed by atoms with Crippen LogP contribution in [0.2, 0.25) is 0 Å². The third-order valence-electron chi connectivity index (χ3n) is 6.23. The predicted octanol–water partition coefficient (Wildman–Crippen LogP) is 8.58. The van der Waals surface area contributed by atoms with Crippen LogP contribution in [0.15, 0.2) is 79.1 Å². The van der Waals surface area contributed by atoms with Gasteiger partial charge in [0.15, 0.2) is 0 Å². The average Bonchev–Trinajstić information content (AvgIpc) is 3.28. The van der Waals surface area contributed by atoms with Crippen molar-refractivity contribution in [3.05, 3.63) is 95.8 Å². The third kappa shape index (κ3) is 4.14. The van der Waals surface area contributed by atoms with Crippen molar-refractivity contribution in [2.45, 2.75) is 59.3 Å². The van der Waals surface area contributed by atoms with E-state index in [1.165, 1.54) is 39.1 Å². The Morgan fingerprint density at radius 3 is 1.78 bits per heavy atom. The molecule has 0 radical (unpaired) electrons. The maximum Gasteiger partial charge on any atom is 0.144 e. The molecule has 0 atom stereocenters. The van der Waals surface area contributed by atoms with Gasteiger partial charge in [-0.3, -0.25) is 4.57 Å². The van der Waals surface area contributed by atoms with E-state index in [0.717, 1.165) is 5.82 Å². The summed E-state index contributed by atoms with van der Waals surface area (Å²) >= 11 is 0. The van der Waals surface area contributed by atoms with Gasteiger partial charge in [0, 0.05) is 18.0 Å².